The smallest absolute Gasteiger partial charge is 0.328 e. The number of rotatable bonds is 5. The molecule has 1 N–H and O–H groups in total. The van der Waals surface area contributed by atoms with E-state index in [0.29, 0.717) is 22.1 Å². The monoisotopic (exact) mass is 306 g/mol. The summed E-state index contributed by atoms with van der Waals surface area (Å²) in [7, 11) is 0. The van der Waals surface area contributed by atoms with Crippen molar-refractivity contribution < 1.29 is 14.6 Å². The summed E-state index contributed by atoms with van der Waals surface area (Å²) in [6, 6.07) is 5.25. The quantitative estimate of drug-likeness (QED) is 0.848. The molecule has 1 aromatic carbocycles. The van der Waals surface area contributed by atoms with Crippen LogP contribution in [0.1, 0.15) is 25.5 Å². The molecule has 0 saturated heterocycles. The average Bonchev–Trinajstić information content (AvgIpc) is 2.87. The van der Waals surface area contributed by atoms with Crippen LogP contribution in [-0.2, 0) is 4.79 Å². The highest BCUT2D eigenvalue weighted by Gasteiger charge is 2.07. The zero-order valence-electron chi connectivity index (χ0n) is 11.7. The maximum Gasteiger partial charge on any atom is 0.328 e. The molecule has 2 aromatic rings. The summed E-state index contributed by atoms with van der Waals surface area (Å²) >= 11 is 5.93. The van der Waals surface area contributed by atoms with Gasteiger partial charge in [0.1, 0.15) is 5.75 Å². The second-order valence-corrected chi connectivity index (χ2v) is 5.14. The lowest BCUT2D eigenvalue weighted by molar-refractivity contribution is -0.131. The Morgan fingerprint density at radius 2 is 2.24 bits per heavy atom. The normalized spacial score (nSPS) is 11.2. The Labute approximate surface area is 127 Å². The van der Waals surface area contributed by atoms with Gasteiger partial charge >= 0.3 is 5.97 Å². The number of hydrogen-bond donors (Lipinski definition) is 1. The van der Waals surface area contributed by atoms with Crippen molar-refractivity contribution in [2.24, 2.45) is 0 Å². The predicted molar refractivity (Wildman–Crippen MR) is 80.8 cm³/mol. The van der Waals surface area contributed by atoms with Gasteiger partial charge in [0.05, 0.1) is 12.4 Å². The summed E-state index contributed by atoms with van der Waals surface area (Å²) in [5, 5.41) is 13.4. The first kappa shape index (κ1) is 15.1. The molecular formula is C15H15ClN2O3. The SMILES string of the molecule is CC(C)n1cc(Oc2ccc(Cl)cc2/C=C/C(=O)O)cn1. The van der Waals surface area contributed by atoms with Crippen LogP contribution in [0, 0.1) is 0 Å². The van der Waals surface area contributed by atoms with Crippen molar-refractivity contribution in [3.63, 3.8) is 0 Å². The minimum Gasteiger partial charge on any atom is -0.478 e. The lowest BCUT2D eigenvalue weighted by Crippen LogP contribution is -1.99. The number of carbonyl (C=O) groups is 1. The van der Waals surface area contributed by atoms with Crippen molar-refractivity contribution in [1.82, 2.24) is 9.78 Å². The molecule has 0 bridgehead atoms. The molecule has 0 spiro atoms. The van der Waals surface area contributed by atoms with E-state index >= 15 is 0 Å². The fraction of sp³-hybridized carbons (Fsp3) is 0.200. The first-order valence-corrected chi connectivity index (χ1v) is 6.76. The Morgan fingerprint density at radius 1 is 1.48 bits per heavy atom. The van der Waals surface area contributed by atoms with Gasteiger partial charge in [0.15, 0.2) is 5.75 Å². The van der Waals surface area contributed by atoms with Crippen molar-refractivity contribution in [3.05, 3.63) is 47.3 Å². The Morgan fingerprint density at radius 3 is 2.86 bits per heavy atom. The van der Waals surface area contributed by atoms with Gasteiger partial charge < -0.3 is 9.84 Å². The molecule has 0 radical (unpaired) electrons. The number of carboxylic acid groups (broad SMARTS) is 1. The highest BCUT2D eigenvalue weighted by Crippen LogP contribution is 2.29. The van der Waals surface area contributed by atoms with Crippen LogP contribution in [0.4, 0.5) is 0 Å². The molecule has 2 rings (SSSR count). The highest BCUT2D eigenvalue weighted by molar-refractivity contribution is 6.30. The summed E-state index contributed by atoms with van der Waals surface area (Å²) in [6.07, 6.45) is 5.87. The van der Waals surface area contributed by atoms with Crippen LogP contribution >= 0.6 is 11.6 Å². The molecule has 0 fully saturated rings. The van der Waals surface area contributed by atoms with E-state index < -0.39 is 5.97 Å². The fourth-order valence-corrected chi connectivity index (χ4v) is 1.87. The minimum absolute atomic E-state index is 0.235. The molecular weight excluding hydrogens is 292 g/mol. The minimum atomic E-state index is -1.03. The van der Waals surface area contributed by atoms with E-state index in [4.69, 9.17) is 21.4 Å². The van der Waals surface area contributed by atoms with Crippen LogP contribution in [0.25, 0.3) is 6.08 Å². The molecule has 0 atom stereocenters. The lowest BCUT2D eigenvalue weighted by atomic mass is 10.2. The van der Waals surface area contributed by atoms with Crippen LogP contribution in [0.3, 0.4) is 0 Å². The van der Waals surface area contributed by atoms with Gasteiger partial charge in [-0.15, -0.1) is 0 Å². The molecule has 21 heavy (non-hydrogen) atoms. The summed E-state index contributed by atoms with van der Waals surface area (Å²) in [4.78, 5) is 10.6. The van der Waals surface area contributed by atoms with E-state index in [1.807, 2.05) is 13.8 Å². The number of benzene rings is 1. The highest BCUT2D eigenvalue weighted by atomic mass is 35.5. The standard InChI is InChI=1S/C15H15ClN2O3/c1-10(2)18-9-13(8-17-18)21-14-5-4-12(16)7-11(14)3-6-15(19)20/h3-10H,1-2H3,(H,19,20)/b6-3+. The van der Waals surface area contributed by atoms with Crippen LogP contribution in [0.2, 0.25) is 5.02 Å². The van der Waals surface area contributed by atoms with Gasteiger partial charge in [-0.05, 0) is 38.1 Å². The molecule has 0 aliphatic rings. The van der Waals surface area contributed by atoms with E-state index in [1.54, 1.807) is 35.3 Å². The van der Waals surface area contributed by atoms with Gasteiger partial charge in [-0.3, -0.25) is 4.68 Å². The van der Waals surface area contributed by atoms with E-state index in [1.165, 1.54) is 6.08 Å². The molecule has 0 unspecified atom stereocenters. The van der Waals surface area contributed by atoms with E-state index in [9.17, 15) is 4.79 Å². The van der Waals surface area contributed by atoms with Crippen molar-refractivity contribution in [3.8, 4) is 11.5 Å². The van der Waals surface area contributed by atoms with E-state index in [2.05, 4.69) is 5.10 Å². The van der Waals surface area contributed by atoms with Gasteiger partial charge in [0, 0.05) is 22.7 Å². The Balaban J connectivity index is 2.27. The average molecular weight is 307 g/mol. The molecule has 0 amide bonds. The molecule has 0 aliphatic heterocycles. The second kappa shape index (κ2) is 6.45. The maximum atomic E-state index is 10.6. The van der Waals surface area contributed by atoms with Crippen LogP contribution in [-0.4, -0.2) is 20.9 Å². The lowest BCUT2D eigenvalue weighted by Gasteiger charge is -2.07. The van der Waals surface area contributed by atoms with E-state index in [0.717, 1.165) is 6.08 Å². The van der Waals surface area contributed by atoms with Crippen LogP contribution in [0.5, 0.6) is 11.5 Å². The Hall–Kier alpha value is -2.27. The summed E-state index contributed by atoms with van der Waals surface area (Å²) < 4.78 is 7.52. The molecule has 6 heteroatoms. The van der Waals surface area contributed by atoms with E-state index in [-0.39, 0.29) is 6.04 Å². The molecule has 5 nitrogen and oxygen atoms in total. The molecule has 1 heterocycles. The third-order valence-corrected chi connectivity index (χ3v) is 2.95. The first-order valence-electron chi connectivity index (χ1n) is 6.38. The molecule has 0 saturated carbocycles. The Bertz CT molecular complexity index is 677. The zero-order valence-corrected chi connectivity index (χ0v) is 12.4. The topological polar surface area (TPSA) is 64.3 Å². The molecule has 1 aromatic heterocycles. The Kier molecular flexibility index (Phi) is 4.65. The molecule has 0 aliphatic carbocycles. The van der Waals surface area contributed by atoms with Crippen molar-refractivity contribution in [2.75, 3.05) is 0 Å². The first-order chi connectivity index (χ1) is 9.95. The van der Waals surface area contributed by atoms with Gasteiger partial charge in [-0.2, -0.15) is 5.10 Å². The largest absolute Gasteiger partial charge is 0.478 e. The van der Waals surface area contributed by atoms with Crippen molar-refractivity contribution >= 4 is 23.6 Å². The van der Waals surface area contributed by atoms with Crippen molar-refractivity contribution in [1.29, 1.82) is 0 Å². The zero-order chi connectivity index (χ0) is 15.4. The third-order valence-electron chi connectivity index (χ3n) is 2.71. The summed E-state index contributed by atoms with van der Waals surface area (Å²) in [6.45, 7) is 4.03. The number of hydrogen-bond acceptors (Lipinski definition) is 3. The van der Waals surface area contributed by atoms with Gasteiger partial charge in [0.25, 0.3) is 0 Å². The second-order valence-electron chi connectivity index (χ2n) is 4.71. The van der Waals surface area contributed by atoms with Crippen LogP contribution in [0.15, 0.2) is 36.7 Å². The number of halogens is 1. The van der Waals surface area contributed by atoms with Gasteiger partial charge in [0.2, 0.25) is 0 Å². The van der Waals surface area contributed by atoms with Crippen LogP contribution < -0.4 is 4.74 Å². The number of aliphatic carboxylic acids is 1. The number of carboxylic acids is 1. The number of nitrogens with zero attached hydrogens (tertiary/aromatic N) is 2. The van der Waals surface area contributed by atoms with Crippen molar-refractivity contribution in [2.45, 2.75) is 19.9 Å². The maximum absolute atomic E-state index is 10.6. The number of ether oxygens (including phenoxy) is 1. The predicted octanol–water partition coefficient (Wildman–Crippen LogP) is 4.01. The summed E-state index contributed by atoms with van der Waals surface area (Å²) in [5.74, 6) is 0.0600. The van der Waals surface area contributed by atoms with Gasteiger partial charge in [-0.1, -0.05) is 11.6 Å². The van der Waals surface area contributed by atoms with Gasteiger partial charge in [-0.25, -0.2) is 4.79 Å². The fourth-order valence-electron chi connectivity index (χ4n) is 1.69. The summed E-state index contributed by atoms with van der Waals surface area (Å²) in [5.41, 5.74) is 0.585. The number of aromatic nitrogens is 2. The third kappa shape index (κ3) is 4.10. The molecule has 110 valence electrons.